The summed E-state index contributed by atoms with van der Waals surface area (Å²) in [6.45, 7) is 2.07. The molecule has 124 valence electrons. The van der Waals surface area contributed by atoms with Gasteiger partial charge in [-0.15, -0.1) is 24.0 Å². The van der Waals surface area contributed by atoms with Crippen LogP contribution in [0.3, 0.4) is 0 Å². The number of nitro groups is 1. The Hall–Kier alpha value is -1.04. The van der Waals surface area contributed by atoms with E-state index in [9.17, 15) is 10.1 Å². The molecule has 0 radical (unpaired) electrons. The van der Waals surface area contributed by atoms with E-state index < -0.39 is 4.92 Å². The minimum absolute atomic E-state index is 0. The molecule has 0 aromatic carbocycles. The molecule has 1 unspecified atom stereocenters. The monoisotopic (exact) mass is 440 g/mol. The number of hydrogen-bond donors (Lipinski definition) is 2. The quantitative estimate of drug-likeness (QED) is 0.229. The predicted octanol–water partition coefficient (Wildman–Crippen LogP) is 1.47. The van der Waals surface area contributed by atoms with Crippen molar-refractivity contribution in [1.82, 2.24) is 20.4 Å². The van der Waals surface area contributed by atoms with E-state index in [0.29, 0.717) is 18.3 Å². The standard InChI is InChI=1S/C12H20N6O2S.HI/c1-13-12(15-8-11-3-2-6-21-11)14-4-5-17-9-10(7-16-17)18(19)20;/h7,9,11H,2-6,8H2,1H3,(H2,13,14,15);1H. The number of hydrogen-bond acceptors (Lipinski definition) is 5. The van der Waals surface area contributed by atoms with Crippen LogP contribution in [0.2, 0.25) is 0 Å². The van der Waals surface area contributed by atoms with Crippen LogP contribution in [0.25, 0.3) is 0 Å². The zero-order valence-electron chi connectivity index (χ0n) is 12.4. The maximum Gasteiger partial charge on any atom is 0.306 e. The Kier molecular flexibility index (Phi) is 8.53. The third kappa shape index (κ3) is 5.99. The summed E-state index contributed by atoms with van der Waals surface area (Å²) >= 11 is 2.00. The Morgan fingerprint density at radius 2 is 2.45 bits per heavy atom. The first-order chi connectivity index (χ1) is 10.2. The number of nitrogens with one attached hydrogen (secondary N) is 2. The van der Waals surface area contributed by atoms with Crippen LogP contribution >= 0.6 is 35.7 Å². The maximum absolute atomic E-state index is 10.6. The average Bonchev–Trinajstić information content (AvgIpc) is 3.13. The molecule has 1 aliphatic rings. The highest BCUT2D eigenvalue weighted by Gasteiger charge is 2.15. The van der Waals surface area contributed by atoms with Crippen molar-refractivity contribution in [3.63, 3.8) is 0 Å². The van der Waals surface area contributed by atoms with Gasteiger partial charge < -0.3 is 10.6 Å². The van der Waals surface area contributed by atoms with E-state index in [1.165, 1.54) is 31.0 Å². The molecular weight excluding hydrogens is 419 g/mol. The predicted molar refractivity (Wildman–Crippen MR) is 99.1 cm³/mol. The third-order valence-corrected chi connectivity index (χ3v) is 4.61. The number of thioether (sulfide) groups is 1. The molecule has 0 aliphatic carbocycles. The summed E-state index contributed by atoms with van der Waals surface area (Å²) in [5, 5.41) is 21.6. The molecule has 0 amide bonds. The van der Waals surface area contributed by atoms with E-state index in [-0.39, 0.29) is 29.7 Å². The van der Waals surface area contributed by atoms with Crippen molar-refractivity contribution in [2.24, 2.45) is 4.99 Å². The minimum Gasteiger partial charge on any atom is -0.355 e. The van der Waals surface area contributed by atoms with Gasteiger partial charge in [-0.25, -0.2) is 0 Å². The summed E-state index contributed by atoms with van der Waals surface area (Å²) in [4.78, 5) is 14.3. The van der Waals surface area contributed by atoms with Crippen molar-refractivity contribution in [1.29, 1.82) is 0 Å². The molecule has 10 heteroatoms. The topological polar surface area (TPSA) is 97.4 Å². The zero-order chi connectivity index (χ0) is 15.1. The number of guanidine groups is 1. The minimum atomic E-state index is -0.448. The maximum atomic E-state index is 10.6. The van der Waals surface area contributed by atoms with Gasteiger partial charge in [0.15, 0.2) is 5.96 Å². The largest absolute Gasteiger partial charge is 0.355 e. The summed E-state index contributed by atoms with van der Waals surface area (Å²) < 4.78 is 1.55. The summed E-state index contributed by atoms with van der Waals surface area (Å²) in [6.07, 6.45) is 5.23. The van der Waals surface area contributed by atoms with Gasteiger partial charge in [0, 0.05) is 25.4 Å². The lowest BCUT2D eigenvalue weighted by Gasteiger charge is -2.14. The molecule has 8 nitrogen and oxygen atoms in total. The normalized spacial score (nSPS) is 17.9. The molecule has 2 rings (SSSR count). The number of aliphatic imine (C=N–C) groups is 1. The molecule has 1 aliphatic heterocycles. The second-order valence-electron chi connectivity index (χ2n) is 4.73. The van der Waals surface area contributed by atoms with Crippen LogP contribution in [0.1, 0.15) is 12.8 Å². The molecular formula is C12H21IN6O2S. The van der Waals surface area contributed by atoms with Crippen molar-refractivity contribution in [2.75, 3.05) is 25.9 Å². The SMILES string of the molecule is CN=C(NCCn1cc([N+](=O)[O-])cn1)NCC1CCCS1.I. The Morgan fingerprint density at radius 3 is 3.05 bits per heavy atom. The average molecular weight is 440 g/mol. The van der Waals surface area contributed by atoms with Crippen LogP contribution < -0.4 is 10.6 Å². The van der Waals surface area contributed by atoms with Gasteiger partial charge in [0.2, 0.25) is 0 Å². The van der Waals surface area contributed by atoms with E-state index in [2.05, 4.69) is 20.7 Å². The fraction of sp³-hybridized carbons (Fsp3) is 0.667. The molecule has 1 fully saturated rings. The number of rotatable bonds is 6. The number of halogens is 1. The van der Waals surface area contributed by atoms with Crippen LogP contribution in [0.15, 0.2) is 17.4 Å². The summed E-state index contributed by atoms with van der Waals surface area (Å²) in [6, 6.07) is 0. The van der Waals surface area contributed by atoms with Crippen LogP contribution in [-0.2, 0) is 6.54 Å². The number of nitrogens with zero attached hydrogens (tertiary/aromatic N) is 4. The van der Waals surface area contributed by atoms with E-state index in [0.717, 1.165) is 12.5 Å². The summed E-state index contributed by atoms with van der Waals surface area (Å²) in [5.74, 6) is 2.00. The van der Waals surface area contributed by atoms with Gasteiger partial charge >= 0.3 is 5.69 Å². The molecule has 22 heavy (non-hydrogen) atoms. The molecule has 1 atom stereocenters. The molecule has 2 N–H and O–H groups in total. The Balaban J connectivity index is 0.00000242. The van der Waals surface area contributed by atoms with Crippen molar-refractivity contribution < 1.29 is 4.92 Å². The van der Waals surface area contributed by atoms with Gasteiger partial charge in [-0.2, -0.15) is 16.9 Å². The zero-order valence-corrected chi connectivity index (χ0v) is 15.5. The van der Waals surface area contributed by atoms with Crippen LogP contribution in [0.5, 0.6) is 0 Å². The highest BCUT2D eigenvalue weighted by Crippen LogP contribution is 2.25. The second kappa shape index (κ2) is 9.87. The summed E-state index contributed by atoms with van der Waals surface area (Å²) in [7, 11) is 1.73. The molecule has 0 bridgehead atoms. The molecule has 1 aromatic rings. The van der Waals surface area contributed by atoms with Gasteiger partial charge in [-0.1, -0.05) is 0 Å². The Bertz CT molecular complexity index is 504. The van der Waals surface area contributed by atoms with Crippen molar-refractivity contribution >= 4 is 47.4 Å². The molecule has 2 heterocycles. The first kappa shape index (κ1) is 19.0. The van der Waals surface area contributed by atoms with Gasteiger partial charge in [0.1, 0.15) is 12.4 Å². The Labute approximate surface area is 150 Å². The molecule has 0 saturated carbocycles. The second-order valence-corrected chi connectivity index (χ2v) is 6.14. The van der Waals surface area contributed by atoms with Crippen molar-refractivity contribution in [3.8, 4) is 0 Å². The van der Waals surface area contributed by atoms with Gasteiger partial charge in [0.05, 0.1) is 11.5 Å². The van der Waals surface area contributed by atoms with Crippen LogP contribution in [0, 0.1) is 10.1 Å². The molecule has 1 saturated heterocycles. The number of aromatic nitrogens is 2. The Morgan fingerprint density at radius 1 is 1.64 bits per heavy atom. The fourth-order valence-corrected chi connectivity index (χ4v) is 3.30. The van der Waals surface area contributed by atoms with E-state index in [1.54, 1.807) is 11.7 Å². The van der Waals surface area contributed by atoms with Gasteiger partial charge in [-0.3, -0.25) is 19.8 Å². The lowest BCUT2D eigenvalue weighted by Crippen LogP contribution is -2.41. The fourth-order valence-electron chi connectivity index (χ4n) is 2.09. The van der Waals surface area contributed by atoms with E-state index in [4.69, 9.17) is 0 Å². The molecule has 1 aromatic heterocycles. The first-order valence-corrected chi connectivity index (χ1v) is 7.97. The van der Waals surface area contributed by atoms with E-state index in [1.807, 2.05) is 11.8 Å². The van der Waals surface area contributed by atoms with Gasteiger partial charge in [0.25, 0.3) is 0 Å². The van der Waals surface area contributed by atoms with Crippen LogP contribution in [-0.4, -0.2) is 51.8 Å². The van der Waals surface area contributed by atoms with Crippen molar-refractivity contribution in [3.05, 3.63) is 22.5 Å². The third-order valence-electron chi connectivity index (χ3n) is 3.21. The van der Waals surface area contributed by atoms with Crippen molar-refractivity contribution in [2.45, 2.75) is 24.6 Å². The summed E-state index contributed by atoms with van der Waals surface area (Å²) in [5.41, 5.74) is 0.00997. The lowest BCUT2D eigenvalue weighted by molar-refractivity contribution is -0.385. The van der Waals surface area contributed by atoms with Crippen LogP contribution in [0.4, 0.5) is 5.69 Å². The highest BCUT2D eigenvalue weighted by molar-refractivity contribution is 14.0. The lowest BCUT2D eigenvalue weighted by atomic mass is 10.2. The first-order valence-electron chi connectivity index (χ1n) is 6.92. The smallest absolute Gasteiger partial charge is 0.306 e. The highest BCUT2D eigenvalue weighted by atomic mass is 127. The molecule has 0 spiro atoms. The van der Waals surface area contributed by atoms with Gasteiger partial charge in [-0.05, 0) is 18.6 Å². The van der Waals surface area contributed by atoms with E-state index >= 15 is 0 Å².